The molecular weight excluding hydrogens is 216 g/mol. The fourth-order valence-electron chi connectivity index (χ4n) is 2.13. The number of nitrogens with zero attached hydrogens (tertiary/aromatic N) is 1. The average molecular weight is 230 g/mol. The fraction of sp³-hybridized carbons (Fsp3) is 0.750. The van der Waals surface area contributed by atoms with Crippen molar-refractivity contribution in [3.8, 4) is 0 Å². The molecule has 2 heterocycles. The van der Waals surface area contributed by atoms with Gasteiger partial charge in [0.2, 0.25) is 0 Å². The Kier molecular flexibility index (Phi) is 2.04. The van der Waals surface area contributed by atoms with Crippen molar-refractivity contribution in [2.75, 3.05) is 12.3 Å². The predicted molar refractivity (Wildman–Crippen MR) is 57.6 cm³/mol. The summed E-state index contributed by atoms with van der Waals surface area (Å²) in [6.45, 7) is 4.08. The van der Waals surface area contributed by atoms with E-state index < -0.39 is 11.3 Å². The van der Waals surface area contributed by atoms with Gasteiger partial charge in [-0.3, -0.25) is 4.90 Å². The Morgan fingerprint density at radius 3 is 2.53 bits per heavy atom. The largest absolute Gasteiger partial charge is 0.321 e. The Labute approximate surface area is 93.2 Å². The third-order valence-electron chi connectivity index (χ3n) is 3.16. The number of carbonyl (C=O) groups excluding carboxylic acids is 2. The highest BCUT2D eigenvalue weighted by Crippen LogP contribution is 2.33. The molecule has 3 N–H and O–H groups in total. The molecule has 0 aliphatic carbocycles. The van der Waals surface area contributed by atoms with Crippen LogP contribution < -0.4 is 16.0 Å². The van der Waals surface area contributed by atoms with Crippen molar-refractivity contribution in [1.82, 2.24) is 20.9 Å². The molecule has 0 saturated carbocycles. The molecular formula is C8H14N4O2S. The summed E-state index contributed by atoms with van der Waals surface area (Å²) in [6, 6.07) is -0.467. The van der Waals surface area contributed by atoms with Crippen LogP contribution in [0.4, 0.5) is 9.59 Å². The van der Waals surface area contributed by atoms with Crippen molar-refractivity contribution in [2.24, 2.45) is 0 Å². The van der Waals surface area contributed by atoms with Crippen molar-refractivity contribution in [1.29, 1.82) is 0 Å². The molecule has 0 aromatic heterocycles. The molecule has 4 amide bonds. The number of hydrogen-bond acceptors (Lipinski definition) is 3. The summed E-state index contributed by atoms with van der Waals surface area (Å²) in [5, 5.41) is 8.22. The summed E-state index contributed by atoms with van der Waals surface area (Å²) >= 11 is 4.10. The van der Waals surface area contributed by atoms with Gasteiger partial charge < -0.3 is 16.0 Å². The molecule has 84 valence electrons. The first-order valence-corrected chi connectivity index (χ1v) is 5.37. The van der Waals surface area contributed by atoms with E-state index in [0.717, 1.165) is 0 Å². The van der Waals surface area contributed by atoms with Crippen LogP contribution in [0.25, 0.3) is 0 Å². The van der Waals surface area contributed by atoms with E-state index in [-0.39, 0.29) is 12.1 Å². The summed E-state index contributed by atoms with van der Waals surface area (Å²) in [7, 11) is 0. The third kappa shape index (κ3) is 1.19. The van der Waals surface area contributed by atoms with Crippen molar-refractivity contribution in [3.63, 3.8) is 0 Å². The molecule has 2 fully saturated rings. The zero-order valence-electron chi connectivity index (χ0n) is 8.63. The lowest BCUT2D eigenvalue weighted by molar-refractivity contribution is 0.119. The van der Waals surface area contributed by atoms with Gasteiger partial charge >= 0.3 is 12.1 Å². The lowest BCUT2D eigenvalue weighted by Crippen LogP contribution is -2.63. The predicted octanol–water partition coefficient (Wildman–Crippen LogP) is -0.313. The summed E-state index contributed by atoms with van der Waals surface area (Å²) < 4.78 is 0. The highest BCUT2D eigenvalue weighted by molar-refractivity contribution is 7.80. The molecule has 0 aromatic rings. The normalized spacial score (nSPS) is 38.5. The Morgan fingerprint density at radius 2 is 1.93 bits per heavy atom. The summed E-state index contributed by atoms with van der Waals surface area (Å²) in [4.78, 5) is 24.6. The topological polar surface area (TPSA) is 73.5 Å². The number of nitrogens with one attached hydrogen (secondary N) is 3. The minimum Gasteiger partial charge on any atom is -0.312 e. The molecule has 15 heavy (non-hydrogen) atoms. The lowest BCUT2D eigenvalue weighted by atomic mass is 9.99. The molecule has 0 aromatic carbocycles. The molecule has 0 spiro atoms. The number of rotatable bonds is 2. The van der Waals surface area contributed by atoms with Crippen LogP contribution in [-0.4, -0.2) is 40.6 Å². The number of fused-ring (bicyclic) bond motifs is 1. The molecule has 2 saturated heterocycles. The van der Waals surface area contributed by atoms with E-state index in [4.69, 9.17) is 0 Å². The molecule has 0 radical (unpaired) electrons. The quantitative estimate of drug-likeness (QED) is 0.491. The first kappa shape index (κ1) is 10.4. The van der Waals surface area contributed by atoms with Crippen LogP contribution in [0.15, 0.2) is 0 Å². The maximum atomic E-state index is 11.7. The van der Waals surface area contributed by atoms with Gasteiger partial charge in [-0.2, -0.15) is 12.6 Å². The van der Waals surface area contributed by atoms with Gasteiger partial charge in [-0.25, -0.2) is 9.59 Å². The summed E-state index contributed by atoms with van der Waals surface area (Å²) in [6.07, 6.45) is 0. The molecule has 0 bridgehead atoms. The Hall–Kier alpha value is -1.11. The highest BCUT2D eigenvalue weighted by Gasteiger charge is 2.63. The van der Waals surface area contributed by atoms with Crippen LogP contribution in [-0.2, 0) is 0 Å². The minimum atomic E-state index is -0.760. The van der Waals surface area contributed by atoms with Gasteiger partial charge in [-0.1, -0.05) is 0 Å². The summed E-state index contributed by atoms with van der Waals surface area (Å²) in [5.74, 6) is 0.551. The van der Waals surface area contributed by atoms with Gasteiger partial charge in [0.15, 0.2) is 11.3 Å². The Morgan fingerprint density at radius 1 is 1.27 bits per heavy atom. The second-order valence-corrected chi connectivity index (χ2v) is 4.53. The first-order valence-electron chi connectivity index (χ1n) is 4.74. The van der Waals surface area contributed by atoms with Crippen molar-refractivity contribution in [2.45, 2.75) is 25.2 Å². The maximum Gasteiger partial charge on any atom is 0.321 e. The van der Waals surface area contributed by atoms with Gasteiger partial charge in [-0.05, 0) is 13.8 Å². The van der Waals surface area contributed by atoms with Gasteiger partial charge in [-0.15, -0.1) is 0 Å². The zero-order valence-corrected chi connectivity index (χ0v) is 9.52. The average Bonchev–Trinajstić information content (AvgIpc) is 2.40. The molecule has 2 atom stereocenters. The molecule has 2 unspecified atom stereocenters. The second-order valence-electron chi connectivity index (χ2n) is 4.08. The Balaban J connectivity index is 2.35. The number of hydrogen-bond donors (Lipinski definition) is 4. The lowest BCUT2D eigenvalue weighted by Gasteiger charge is -2.36. The molecule has 2 aliphatic heterocycles. The van der Waals surface area contributed by atoms with Gasteiger partial charge in [0.05, 0.1) is 0 Å². The Bertz CT molecular complexity index is 337. The maximum absolute atomic E-state index is 11.7. The summed E-state index contributed by atoms with van der Waals surface area (Å²) in [5.41, 5.74) is -1.49. The SMILES string of the molecule is CC12NC(=O)NC1(C)N(CCS)C(=O)N2. The standard InChI is InChI=1S/C8H14N4O2S/c1-7-8(2,10-5(13)9-7)12(3-4-15)6(14)11-7/h15H,3-4H2,1-2H3,(H,11,14)(H2,9,10,13). The second kappa shape index (κ2) is 2.94. The van der Waals surface area contributed by atoms with Crippen LogP contribution in [0, 0.1) is 0 Å². The highest BCUT2D eigenvalue weighted by atomic mass is 32.1. The zero-order chi connectivity index (χ0) is 11.3. The fourth-order valence-corrected chi connectivity index (χ4v) is 2.33. The molecule has 7 heteroatoms. The smallest absolute Gasteiger partial charge is 0.312 e. The first-order chi connectivity index (χ1) is 6.93. The molecule has 2 aliphatic rings. The van der Waals surface area contributed by atoms with Crippen LogP contribution in [0.2, 0.25) is 0 Å². The van der Waals surface area contributed by atoms with Crippen molar-refractivity contribution in [3.05, 3.63) is 0 Å². The van der Waals surface area contributed by atoms with E-state index in [2.05, 4.69) is 28.6 Å². The van der Waals surface area contributed by atoms with Crippen LogP contribution >= 0.6 is 12.6 Å². The van der Waals surface area contributed by atoms with Crippen molar-refractivity contribution >= 4 is 24.7 Å². The van der Waals surface area contributed by atoms with E-state index >= 15 is 0 Å². The van der Waals surface area contributed by atoms with E-state index in [9.17, 15) is 9.59 Å². The monoisotopic (exact) mass is 230 g/mol. The van der Waals surface area contributed by atoms with Crippen molar-refractivity contribution < 1.29 is 9.59 Å². The number of amides is 4. The minimum absolute atomic E-state index is 0.193. The van der Waals surface area contributed by atoms with Crippen LogP contribution in [0.5, 0.6) is 0 Å². The number of thiol groups is 1. The van der Waals surface area contributed by atoms with Crippen LogP contribution in [0.3, 0.4) is 0 Å². The van der Waals surface area contributed by atoms with Gasteiger partial charge in [0, 0.05) is 12.3 Å². The van der Waals surface area contributed by atoms with E-state index in [1.54, 1.807) is 11.8 Å². The van der Waals surface area contributed by atoms with Crippen LogP contribution in [0.1, 0.15) is 13.8 Å². The third-order valence-corrected chi connectivity index (χ3v) is 3.36. The van der Waals surface area contributed by atoms with E-state index in [1.807, 2.05) is 6.92 Å². The van der Waals surface area contributed by atoms with E-state index in [0.29, 0.717) is 12.3 Å². The van der Waals surface area contributed by atoms with E-state index in [1.165, 1.54) is 0 Å². The molecule has 2 rings (SSSR count). The number of urea groups is 2. The van der Waals surface area contributed by atoms with Gasteiger partial charge in [0.25, 0.3) is 0 Å². The molecule has 6 nitrogen and oxygen atoms in total. The number of carbonyl (C=O) groups is 2. The van der Waals surface area contributed by atoms with Gasteiger partial charge in [0.1, 0.15) is 0 Å².